The summed E-state index contributed by atoms with van der Waals surface area (Å²) < 4.78 is 10.5. The van der Waals surface area contributed by atoms with Crippen molar-refractivity contribution in [1.29, 1.82) is 0 Å². The first kappa shape index (κ1) is 16.5. The van der Waals surface area contributed by atoms with Crippen molar-refractivity contribution >= 4 is 29.2 Å². The van der Waals surface area contributed by atoms with E-state index in [1.54, 1.807) is 31.2 Å². The summed E-state index contributed by atoms with van der Waals surface area (Å²) in [6.45, 7) is 1.76. The van der Waals surface area contributed by atoms with Gasteiger partial charge in [-0.3, -0.25) is 4.79 Å². The van der Waals surface area contributed by atoms with Crippen LogP contribution < -0.4 is 5.32 Å². The third-order valence-electron chi connectivity index (χ3n) is 4.54. The number of aromatic amines is 1. The normalized spacial score (nSPS) is 15.7. The largest absolute Gasteiger partial charge is 0.465 e. The second kappa shape index (κ2) is 6.07. The average Bonchev–Trinajstić information content (AvgIpc) is 3.32. The van der Waals surface area contributed by atoms with Crippen LogP contribution in [0.2, 0.25) is 5.02 Å². The van der Waals surface area contributed by atoms with Gasteiger partial charge in [-0.2, -0.15) is 0 Å². The van der Waals surface area contributed by atoms with Crippen molar-refractivity contribution in [3.8, 4) is 11.5 Å². The molecule has 1 atom stereocenters. The number of carbonyl (C=O) groups is 2. The Bertz CT molecular complexity index is 1020. The second-order valence-corrected chi connectivity index (χ2v) is 6.42. The molecule has 3 heterocycles. The number of benzene rings is 1. The summed E-state index contributed by atoms with van der Waals surface area (Å²) in [6.07, 6.45) is 1.53. The number of carbonyl (C=O) groups excluding carboxylic acids is 2. The van der Waals surface area contributed by atoms with Crippen LogP contribution in [0.5, 0.6) is 0 Å². The molecule has 132 valence electrons. The van der Waals surface area contributed by atoms with Crippen molar-refractivity contribution in [2.75, 3.05) is 12.4 Å². The highest BCUT2D eigenvalue weighted by atomic mass is 35.5. The van der Waals surface area contributed by atoms with Crippen LogP contribution in [-0.2, 0) is 9.53 Å². The molecule has 0 aliphatic carbocycles. The molecular weight excluding hydrogens is 356 g/mol. The molecule has 2 aromatic heterocycles. The minimum absolute atomic E-state index is 0.259. The van der Waals surface area contributed by atoms with Gasteiger partial charge in [0.2, 0.25) is 5.91 Å². The smallest absolute Gasteiger partial charge is 0.340 e. The molecule has 3 aromatic rings. The van der Waals surface area contributed by atoms with Gasteiger partial charge in [-0.1, -0.05) is 23.7 Å². The minimum atomic E-state index is -0.706. The molecule has 26 heavy (non-hydrogen) atoms. The van der Waals surface area contributed by atoms with Crippen molar-refractivity contribution < 1.29 is 18.7 Å². The van der Waals surface area contributed by atoms with Crippen molar-refractivity contribution in [2.24, 2.45) is 0 Å². The molecule has 0 radical (unpaired) electrons. The van der Waals surface area contributed by atoms with Crippen LogP contribution in [0.1, 0.15) is 33.1 Å². The average molecular weight is 371 g/mol. The zero-order valence-corrected chi connectivity index (χ0v) is 14.8. The lowest BCUT2D eigenvalue weighted by Crippen LogP contribution is -2.17. The molecule has 1 amide bonds. The van der Waals surface area contributed by atoms with E-state index >= 15 is 0 Å². The van der Waals surface area contributed by atoms with E-state index in [1.165, 1.54) is 13.4 Å². The number of aryl methyl sites for hydroxylation is 1. The molecule has 0 fully saturated rings. The molecular formula is C19H15ClN2O4. The van der Waals surface area contributed by atoms with E-state index in [0.717, 1.165) is 0 Å². The number of hydrogen-bond donors (Lipinski definition) is 2. The first-order valence-electron chi connectivity index (χ1n) is 7.96. The predicted molar refractivity (Wildman–Crippen MR) is 96.5 cm³/mol. The Morgan fingerprint density at radius 2 is 2.08 bits per heavy atom. The van der Waals surface area contributed by atoms with E-state index in [-0.39, 0.29) is 5.91 Å². The van der Waals surface area contributed by atoms with Crippen molar-refractivity contribution in [1.82, 2.24) is 4.98 Å². The molecule has 2 N–H and O–H groups in total. The van der Waals surface area contributed by atoms with Crippen LogP contribution in [-0.4, -0.2) is 24.0 Å². The van der Waals surface area contributed by atoms with Crippen LogP contribution in [0.15, 0.2) is 41.0 Å². The van der Waals surface area contributed by atoms with Gasteiger partial charge >= 0.3 is 5.97 Å². The second-order valence-electron chi connectivity index (χ2n) is 6.01. The van der Waals surface area contributed by atoms with Gasteiger partial charge in [0, 0.05) is 11.3 Å². The Morgan fingerprint density at radius 3 is 2.77 bits per heavy atom. The fourth-order valence-corrected chi connectivity index (χ4v) is 3.68. The molecule has 0 spiro atoms. The zero-order chi connectivity index (χ0) is 18.4. The van der Waals surface area contributed by atoms with Gasteiger partial charge in [-0.15, -0.1) is 0 Å². The summed E-state index contributed by atoms with van der Waals surface area (Å²) in [5.74, 6) is -0.954. The van der Waals surface area contributed by atoms with E-state index in [9.17, 15) is 9.59 Å². The summed E-state index contributed by atoms with van der Waals surface area (Å²) in [4.78, 5) is 28.4. The van der Waals surface area contributed by atoms with Gasteiger partial charge in [0.1, 0.15) is 5.76 Å². The number of aromatic nitrogens is 1. The van der Waals surface area contributed by atoms with Crippen molar-refractivity contribution in [3.63, 3.8) is 0 Å². The first-order valence-corrected chi connectivity index (χ1v) is 8.34. The molecule has 4 rings (SSSR count). The number of para-hydroxylation sites is 1. The van der Waals surface area contributed by atoms with Crippen molar-refractivity contribution in [3.05, 3.63) is 64.0 Å². The number of halogens is 1. The SMILES string of the molecule is COC(=O)c1c(C)[nH]c(-c2ccco2)c1[C@@H]1C(=O)Nc2c(Cl)cccc21. The molecule has 7 heteroatoms. The van der Waals surface area contributed by atoms with E-state index in [1.807, 2.05) is 6.07 Å². The van der Waals surface area contributed by atoms with Gasteiger partial charge in [-0.05, 0) is 30.7 Å². The van der Waals surface area contributed by atoms with Crippen LogP contribution in [0, 0.1) is 6.92 Å². The van der Waals surface area contributed by atoms with Crippen LogP contribution in [0.3, 0.4) is 0 Å². The quantitative estimate of drug-likeness (QED) is 0.679. The summed E-state index contributed by atoms with van der Waals surface area (Å²) in [6, 6.07) is 8.81. The lowest BCUT2D eigenvalue weighted by molar-refractivity contribution is -0.116. The summed E-state index contributed by atoms with van der Waals surface area (Å²) in [7, 11) is 1.31. The highest BCUT2D eigenvalue weighted by Crippen LogP contribution is 2.45. The Kier molecular flexibility index (Phi) is 3.85. The number of amides is 1. The number of anilines is 1. The monoisotopic (exact) mass is 370 g/mol. The number of rotatable bonds is 3. The fraction of sp³-hybridized carbons (Fsp3) is 0.158. The molecule has 6 nitrogen and oxygen atoms in total. The third-order valence-corrected chi connectivity index (χ3v) is 4.85. The van der Waals surface area contributed by atoms with Crippen LogP contribution in [0.25, 0.3) is 11.5 Å². The molecule has 1 aromatic carbocycles. The maximum absolute atomic E-state index is 12.8. The van der Waals surface area contributed by atoms with Gasteiger partial charge in [0.25, 0.3) is 0 Å². The molecule has 0 unspecified atom stereocenters. The van der Waals surface area contributed by atoms with E-state index in [0.29, 0.717) is 44.5 Å². The predicted octanol–water partition coefficient (Wildman–Crippen LogP) is 4.11. The summed E-state index contributed by atoms with van der Waals surface area (Å²) in [5.41, 5.74) is 3.28. The third kappa shape index (κ3) is 2.34. The Hall–Kier alpha value is -2.99. The Labute approximate surface area is 154 Å². The molecule has 0 bridgehead atoms. The number of furan rings is 1. The fourth-order valence-electron chi connectivity index (χ4n) is 3.45. The maximum Gasteiger partial charge on any atom is 0.340 e. The van der Waals surface area contributed by atoms with Gasteiger partial charge in [0.15, 0.2) is 0 Å². The zero-order valence-electron chi connectivity index (χ0n) is 14.1. The number of esters is 1. The number of fused-ring (bicyclic) bond motifs is 1. The standard InChI is InChI=1S/C19H15ClN2O4/c1-9-13(19(24)25-2)15(17(21-9)12-7-4-8-26-12)14-10-5-3-6-11(20)16(10)22-18(14)23/h3-8,14,21H,1-2H3,(H,22,23)/t14-/m1/s1. The molecule has 0 saturated carbocycles. The molecule has 1 aliphatic rings. The Balaban J connectivity index is 2.01. The lowest BCUT2D eigenvalue weighted by atomic mass is 9.88. The molecule has 1 aliphatic heterocycles. The minimum Gasteiger partial charge on any atom is -0.465 e. The first-order chi connectivity index (χ1) is 12.5. The summed E-state index contributed by atoms with van der Waals surface area (Å²) >= 11 is 6.23. The maximum atomic E-state index is 12.8. The number of ether oxygens (including phenoxy) is 1. The van der Waals surface area contributed by atoms with Crippen LogP contribution in [0.4, 0.5) is 5.69 Å². The lowest BCUT2D eigenvalue weighted by Gasteiger charge is -2.12. The number of nitrogens with one attached hydrogen (secondary N) is 2. The highest BCUT2D eigenvalue weighted by molar-refractivity contribution is 6.34. The van der Waals surface area contributed by atoms with E-state index in [2.05, 4.69) is 10.3 Å². The van der Waals surface area contributed by atoms with Crippen LogP contribution >= 0.6 is 11.6 Å². The van der Waals surface area contributed by atoms with Gasteiger partial charge in [0.05, 0.1) is 41.3 Å². The van der Waals surface area contributed by atoms with Crippen molar-refractivity contribution in [2.45, 2.75) is 12.8 Å². The number of H-pyrrole nitrogens is 1. The number of methoxy groups -OCH3 is 1. The Morgan fingerprint density at radius 1 is 1.27 bits per heavy atom. The summed E-state index contributed by atoms with van der Waals surface area (Å²) in [5, 5.41) is 3.26. The molecule has 0 saturated heterocycles. The van der Waals surface area contributed by atoms with Gasteiger partial charge in [-0.25, -0.2) is 4.79 Å². The highest BCUT2D eigenvalue weighted by Gasteiger charge is 2.39. The topological polar surface area (TPSA) is 84.3 Å². The van der Waals surface area contributed by atoms with E-state index < -0.39 is 11.9 Å². The number of hydrogen-bond acceptors (Lipinski definition) is 4. The van der Waals surface area contributed by atoms with Gasteiger partial charge < -0.3 is 19.5 Å². The van der Waals surface area contributed by atoms with E-state index in [4.69, 9.17) is 20.8 Å².